The molecule has 1 atom stereocenters. The number of halogens is 1. The number of anilines is 3. The van der Waals surface area contributed by atoms with Gasteiger partial charge in [0, 0.05) is 28.9 Å². The number of rotatable bonds is 5. The van der Waals surface area contributed by atoms with Gasteiger partial charge in [0.15, 0.2) is 0 Å². The van der Waals surface area contributed by atoms with Gasteiger partial charge in [-0.1, -0.05) is 74.8 Å². The van der Waals surface area contributed by atoms with Crippen molar-refractivity contribution in [3.05, 3.63) is 113 Å². The fourth-order valence-corrected chi connectivity index (χ4v) is 4.86. The van der Waals surface area contributed by atoms with E-state index in [1.807, 2.05) is 42.5 Å². The van der Waals surface area contributed by atoms with Crippen LogP contribution in [-0.2, 0) is 22.2 Å². The molecule has 0 radical (unpaired) electrons. The van der Waals surface area contributed by atoms with E-state index in [0.29, 0.717) is 46.4 Å². The Balaban J connectivity index is 1.54. The number of nitrogens with one attached hydrogen (secondary N) is 3. The number of aryl methyl sites for hydroxylation is 1. The van der Waals surface area contributed by atoms with Crippen molar-refractivity contribution in [3.63, 3.8) is 0 Å². The van der Waals surface area contributed by atoms with Gasteiger partial charge in [0.1, 0.15) is 11.6 Å². The van der Waals surface area contributed by atoms with Crippen LogP contribution in [0.5, 0.6) is 5.75 Å². The van der Waals surface area contributed by atoms with E-state index in [9.17, 15) is 9.59 Å². The summed E-state index contributed by atoms with van der Waals surface area (Å²) < 4.78 is 6.71. The van der Waals surface area contributed by atoms with Gasteiger partial charge in [-0.05, 0) is 65.4 Å². The van der Waals surface area contributed by atoms with Crippen molar-refractivity contribution in [2.24, 2.45) is 0 Å². The molecule has 3 amide bonds. The summed E-state index contributed by atoms with van der Waals surface area (Å²) in [7, 11) is 0. The minimum Gasteiger partial charge on any atom is -0.470 e. The molecule has 0 aliphatic carbocycles. The second-order valence-corrected chi connectivity index (χ2v) is 11.2. The highest BCUT2D eigenvalue weighted by Crippen LogP contribution is 2.46. The summed E-state index contributed by atoms with van der Waals surface area (Å²) in [6.45, 7) is 6.35. The number of urea groups is 1. The molecule has 4 aromatic rings. The molecule has 0 unspecified atom stereocenters. The lowest BCUT2D eigenvalue weighted by Crippen LogP contribution is -2.48. The quantitative estimate of drug-likeness (QED) is 0.238. The maximum absolute atomic E-state index is 13.9. The Morgan fingerprint density at radius 1 is 0.900 bits per heavy atom. The van der Waals surface area contributed by atoms with Gasteiger partial charge >= 0.3 is 6.03 Å². The summed E-state index contributed by atoms with van der Waals surface area (Å²) in [6.07, 6.45) is 2.60. The second-order valence-electron chi connectivity index (χ2n) is 10.8. The lowest BCUT2D eigenvalue weighted by atomic mass is 9.80. The largest absolute Gasteiger partial charge is 0.470 e. The summed E-state index contributed by atoms with van der Waals surface area (Å²) >= 11 is 5.99. The number of ether oxygens (including phenoxy) is 1. The summed E-state index contributed by atoms with van der Waals surface area (Å²) in [6, 6.07) is 25.2. The molecule has 1 aliphatic rings. The number of hydrogen-bond donors (Lipinski definition) is 3. The van der Waals surface area contributed by atoms with Gasteiger partial charge < -0.3 is 20.7 Å². The molecular weight excluding hydrogens is 524 g/mol. The first-order valence-electron chi connectivity index (χ1n) is 13.1. The molecule has 5 rings (SSSR count). The number of carbonyl (C=O) groups excluding carboxylic acids is 2. The number of amides is 3. The Hall–Kier alpha value is -4.36. The highest BCUT2D eigenvalue weighted by molar-refractivity contribution is 6.30. The van der Waals surface area contributed by atoms with Crippen molar-refractivity contribution in [2.45, 2.75) is 44.6 Å². The zero-order valence-electron chi connectivity index (χ0n) is 22.6. The summed E-state index contributed by atoms with van der Waals surface area (Å²) in [4.78, 5) is 31.3. The molecule has 0 spiro atoms. The third kappa shape index (κ3) is 5.80. The van der Waals surface area contributed by atoms with E-state index in [-0.39, 0.29) is 11.3 Å². The van der Waals surface area contributed by atoms with Crippen LogP contribution in [-0.4, -0.2) is 16.9 Å². The van der Waals surface area contributed by atoms with Crippen LogP contribution in [0.1, 0.15) is 43.9 Å². The number of aromatic nitrogens is 1. The summed E-state index contributed by atoms with van der Waals surface area (Å²) in [5, 5.41) is 9.32. The molecule has 0 saturated heterocycles. The topological polar surface area (TPSA) is 92.4 Å². The molecule has 8 heteroatoms. The van der Waals surface area contributed by atoms with E-state index in [1.165, 1.54) is 0 Å². The van der Waals surface area contributed by atoms with E-state index in [4.69, 9.17) is 16.3 Å². The first kappa shape index (κ1) is 27.2. The molecule has 0 saturated carbocycles. The maximum atomic E-state index is 13.9. The number of benzene rings is 3. The predicted octanol–water partition coefficient (Wildman–Crippen LogP) is 7.54. The van der Waals surface area contributed by atoms with Crippen LogP contribution >= 0.6 is 11.6 Å². The van der Waals surface area contributed by atoms with Gasteiger partial charge in [0.05, 0.1) is 5.69 Å². The Morgan fingerprint density at radius 3 is 2.30 bits per heavy atom. The van der Waals surface area contributed by atoms with E-state index >= 15 is 0 Å². The molecule has 3 aromatic carbocycles. The van der Waals surface area contributed by atoms with Crippen molar-refractivity contribution in [1.82, 2.24) is 4.98 Å². The van der Waals surface area contributed by atoms with Crippen LogP contribution in [0.25, 0.3) is 0 Å². The molecule has 1 aromatic heterocycles. The molecule has 40 heavy (non-hydrogen) atoms. The molecular formula is C32H31ClN4O3. The van der Waals surface area contributed by atoms with E-state index in [2.05, 4.69) is 47.8 Å². The number of pyridine rings is 1. The first-order valence-corrected chi connectivity index (χ1v) is 13.5. The van der Waals surface area contributed by atoms with Gasteiger partial charge in [-0.3, -0.25) is 4.79 Å². The second kappa shape index (κ2) is 11.0. The molecule has 0 bridgehead atoms. The van der Waals surface area contributed by atoms with Crippen molar-refractivity contribution in [1.29, 1.82) is 0 Å². The lowest BCUT2D eigenvalue weighted by molar-refractivity contribution is -0.133. The van der Waals surface area contributed by atoms with Crippen molar-refractivity contribution >= 4 is 40.7 Å². The third-order valence-corrected chi connectivity index (χ3v) is 7.17. The monoisotopic (exact) mass is 554 g/mol. The highest BCUT2D eigenvalue weighted by Gasteiger charge is 2.46. The van der Waals surface area contributed by atoms with Gasteiger partial charge in [-0.25, -0.2) is 9.78 Å². The van der Waals surface area contributed by atoms with Crippen molar-refractivity contribution < 1.29 is 14.3 Å². The van der Waals surface area contributed by atoms with Crippen LogP contribution < -0.4 is 20.7 Å². The Kier molecular flexibility index (Phi) is 7.50. The SMILES string of the molecule is CC(C)(C)c1cc2c(c(NC(=O)Nc3ccc(Cl)cc3)c1)O[C@@](C(=O)Nc1ccccn1)(c1ccccc1)CC2. The van der Waals surface area contributed by atoms with E-state index in [0.717, 1.165) is 11.1 Å². The lowest BCUT2D eigenvalue weighted by Gasteiger charge is -2.39. The van der Waals surface area contributed by atoms with Crippen LogP contribution in [0.4, 0.5) is 22.0 Å². The Morgan fingerprint density at radius 2 is 1.62 bits per heavy atom. The van der Waals surface area contributed by atoms with Crippen LogP contribution in [0.15, 0.2) is 91.1 Å². The van der Waals surface area contributed by atoms with E-state index < -0.39 is 11.6 Å². The number of fused-ring (bicyclic) bond motifs is 1. The predicted molar refractivity (Wildman–Crippen MR) is 159 cm³/mol. The van der Waals surface area contributed by atoms with Gasteiger partial charge in [-0.2, -0.15) is 0 Å². The highest BCUT2D eigenvalue weighted by atomic mass is 35.5. The molecule has 204 valence electrons. The van der Waals surface area contributed by atoms with Gasteiger partial charge in [-0.15, -0.1) is 0 Å². The van der Waals surface area contributed by atoms with Gasteiger partial charge in [0.25, 0.3) is 5.91 Å². The minimum atomic E-state index is -1.34. The first-order chi connectivity index (χ1) is 19.1. The van der Waals surface area contributed by atoms with Crippen LogP contribution in [0.2, 0.25) is 5.02 Å². The Bertz CT molecular complexity index is 1520. The average Bonchev–Trinajstić information content (AvgIpc) is 2.94. The average molecular weight is 555 g/mol. The third-order valence-electron chi connectivity index (χ3n) is 6.92. The van der Waals surface area contributed by atoms with Crippen LogP contribution in [0.3, 0.4) is 0 Å². The van der Waals surface area contributed by atoms with Gasteiger partial charge in [0.2, 0.25) is 5.60 Å². The Labute approximate surface area is 238 Å². The number of nitrogens with zero attached hydrogens (tertiary/aromatic N) is 1. The van der Waals surface area contributed by atoms with Crippen molar-refractivity contribution in [3.8, 4) is 5.75 Å². The summed E-state index contributed by atoms with van der Waals surface area (Å²) in [5.74, 6) is 0.561. The summed E-state index contributed by atoms with van der Waals surface area (Å²) in [5.41, 5.74) is 2.25. The molecule has 2 heterocycles. The standard InChI is InChI=1S/C32H31ClN4O3/c1-31(2,3)23-19-21-16-17-32(22-9-5-4-6-10-22,29(38)37-27-11-7-8-18-34-27)40-28(21)26(20-23)36-30(39)35-25-14-12-24(33)13-15-25/h4-15,18-20H,16-17H2,1-3H3,(H,34,37,38)(H2,35,36,39)/t32-/m1/s1. The van der Waals surface area contributed by atoms with Crippen molar-refractivity contribution in [2.75, 3.05) is 16.0 Å². The minimum absolute atomic E-state index is 0.178. The fourth-order valence-electron chi connectivity index (χ4n) is 4.73. The zero-order chi connectivity index (χ0) is 28.3. The van der Waals surface area contributed by atoms with Crippen LogP contribution in [0, 0.1) is 0 Å². The smallest absolute Gasteiger partial charge is 0.323 e. The molecule has 1 aliphatic heterocycles. The molecule has 0 fully saturated rings. The van der Waals surface area contributed by atoms with E-state index in [1.54, 1.807) is 42.6 Å². The number of hydrogen-bond acceptors (Lipinski definition) is 4. The normalized spacial score (nSPS) is 16.3. The zero-order valence-corrected chi connectivity index (χ0v) is 23.4. The molecule has 3 N–H and O–H groups in total. The maximum Gasteiger partial charge on any atom is 0.323 e. The molecule has 7 nitrogen and oxygen atoms in total. The fraction of sp³-hybridized carbons (Fsp3) is 0.219. The number of carbonyl (C=O) groups is 2.